The summed E-state index contributed by atoms with van der Waals surface area (Å²) in [5.74, 6) is 0.233. The second-order valence-corrected chi connectivity index (χ2v) is 11.3. The molecule has 180 valence electrons. The number of benzene rings is 1. The van der Waals surface area contributed by atoms with Crippen LogP contribution in [0.5, 0.6) is 0 Å². The Morgan fingerprint density at radius 3 is 2.76 bits per heavy atom. The van der Waals surface area contributed by atoms with Crippen molar-refractivity contribution in [2.45, 2.75) is 76.2 Å². The molecule has 5 rings (SSSR count). The van der Waals surface area contributed by atoms with Crippen LogP contribution in [0.4, 0.5) is 5.69 Å². The molecule has 0 bridgehead atoms. The van der Waals surface area contributed by atoms with Gasteiger partial charge in [0.15, 0.2) is 5.16 Å². The first-order valence-corrected chi connectivity index (χ1v) is 14.0. The highest BCUT2D eigenvalue weighted by molar-refractivity contribution is 7.99. The van der Waals surface area contributed by atoms with Crippen LogP contribution >= 0.6 is 23.1 Å². The molecule has 1 amide bonds. The van der Waals surface area contributed by atoms with Crippen LogP contribution < -0.4 is 10.5 Å². The van der Waals surface area contributed by atoms with Gasteiger partial charge in [0, 0.05) is 23.2 Å². The van der Waals surface area contributed by atoms with Crippen LogP contribution in [-0.4, -0.2) is 40.0 Å². The average Bonchev–Trinajstić information content (AvgIpc) is 3.48. The van der Waals surface area contributed by atoms with Crippen molar-refractivity contribution in [3.63, 3.8) is 0 Å². The largest absolute Gasteiger partial charge is 0.376 e. The summed E-state index contributed by atoms with van der Waals surface area (Å²) in [6.07, 6.45) is 6.28. The number of carbonyl (C=O) groups is 1. The number of rotatable bonds is 7. The van der Waals surface area contributed by atoms with Crippen molar-refractivity contribution >= 4 is 44.9 Å². The van der Waals surface area contributed by atoms with E-state index in [4.69, 9.17) is 9.72 Å². The molecule has 3 aromatic rings. The summed E-state index contributed by atoms with van der Waals surface area (Å²) in [4.78, 5) is 35.9. The highest BCUT2D eigenvalue weighted by Crippen LogP contribution is 2.35. The fourth-order valence-electron chi connectivity index (χ4n) is 5.00. The maximum atomic E-state index is 13.7. The van der Waals surface area contributed by atoms with Gasteiger partial charge in [0.25, 0.3) is 5.56 Å². The monoisotopic (exact) mass is 497 g/mol. The third kappa shape index (κ3) is 4.68. The number of aryl methyl sites for hydroxylation is 2. The van der Waals surface area contributed by atoms with E-state index < -0.39 is 0 Å². The first-order valence-electron chi connectivity index (χ1n) is 12.2. The molecule has 1 aliphatic carbocycles. The number of carbonyl (C=O) groups excluding carboxylic acids is 1. The zero-order chi connectivity index (χ0) is 23.7. The van der Waals surface area contributed by atoms with Gasteiger partial charge in [-0.1, -0.05) is 30.0 Å². The lowest BCUT2D eigenvalue weighted by molar-refractivity contribution is -0.116. The number of hydrogen-bond donors (Lipinski definition) is 0. The zero-order valence-electron chi connectivity index (χ0n) is 19.8. The predicted molar refractivity (Wildman–Crippen MR) is 139 cm³/mol. The quantitative estimate of drug-likeness (QED) is 0.338. The molecule has 1 saturated heterocycles. The Bertz CT molecular complexity index is 1230. The van der Waals surface area contributed by atoms with E-state index in [-0.39, 0.29) is 29.4 Å². The molecule has 6 nitrogen and oxygen atoms in total. The molecule has 0 N–H and O–H groups in total. The van der Waals surface area contributed by atoms with Gasteiger partial charge in [0.2, 0.25) is 5.91 Å². The minimum Gasteiger partial charge on any atom is -0.376 e. The molecule has 1 aliphatic heterocycles. The Morgan fingerprint density at radius 2 is 2.03 bits per heavy atom. The van der Waals surface area contributed by atoms with Crippen molar-refractivity contribution in [2.24, 2.45) is 0 Å². The summed E-state index contributed by atoms with van der Waals surface area (Å²) in [7, 11) is 0. The SMILES string of the molecule is CC(C)N(C(=O)CSc1nc2sc3c(c2c(=O)n1CC1CCCO1)CCCC3)c1ccccc1. The molecule has 0 spiro atoms. The second kappa shape index (κ2) is 10.2. The van der Waals surface area contributed by atoms with Gasteiger partial charge in [0.05, 0.1) is 23.8 Å². The van der Waals surface area contributed by atoms with Crippen LogP contribution in [0, 0.1) is 0 Å². The lowest BCUT2D eigenvalue weighted by Gasteiger charge is -2.27. The van der Waals surface area contributed by atoms with Crippen LogP contribution in [0.2, 0.25) is 0 Å². The normalized spacial score (nSPS) is 17.9. The first kappa shape index (κ1) is 23.6. The molecule has 34 heavy (non-hydrogen) atoms. The molecule has 2 aliphatic rings. The van der Waals surface area contributed by atoms with E-state index in [9.17, 15) is 9.59 Å². The number of para-hydroxylation sites is 1. The number of fused-ring (bicyclic) bond motifs is 3. The van der Waals surface area contributed by atoms with Gasteiger partial charge in [0.1, 0.15) is 4.83 Å². The minimum atomic E-state index is 0.00897. The lowest BCUT2D eigenvalue weighted by atomic mass is 9.97. The van der Waals surface area contributed by atoms with Crippen molar-refractivity contribution in [2.75, 3.05) is 17.3 Å². The van der Waals surface area contributed by atoms with Gasteiger partial charge < -0.3 is 9.64 Å². The van der Waals surface area contributed by atoms with Gasteiger partial charge in [-0.05, 0) is 70.1 Å². The molecular weight excluding hydrogens is 466 g/mol. The van der Waals surface area contributed by atoms with E-state index in [0.29, 0.717) is 11.7 Å². The van der Waals surface area contributed by atoms with Gasteiger partial charge in [-0.2, -0.15) is 0 Å². The number of ether oxygens (including phenoxy) is 1. The smallest absolute Gasteiger partial charge is 0.263 e. The summed E-state index contributed by atoms with van der Waals surface area (Å²) in [5, 5.41) is 1.41. The van der Waals surface area contributed by atoms with Gasteiger partial charge >= 0.3 is 0 Å². The Labute approximate surface area is 208 Å². The molecule has 1 unspecified atom stereocenters. The zero-order valence-corrected chi connectivity index (χ0v) is 21.4. The Hall–Kier alpha value is -2.16. The molecule has 1 atom stereocenters. The fourth-order valence-corrected chi connectivity index (χ4v) is 7.17. The summed E-state index contributed by atoms with van der Waals surface area (Å²) in [5.41, 5.74) is 2.11. The molecule has 0 radical (unpaired) electrons. The van der Waals surface area contributed by atoms with Crippen LogP contribution in [-0.2, 0) is 28.9 Å². The third-order valence-corrected chi connectivity index (χ3v) is 8.74. The van der Waals surface area contributed by atoms with Crippen LogP contribution in [0.1, 0.15) is 50.0 Å². The molecular formula is C26H31N3O3S2. The van der Waals surface area contributed by atoms with E-state index in [1.54, 1.807) is 15.9 Å². The van der Waals surface area contributed by atoms with Crippen LogP contribution in [0.15, 0.2) is 40.3 Å². The van der Waals surface area contributed by atoms with Crippen molar-refractivity contribution in [1.82, 2.24) is 9.55 Å². The predicted octanol–water partition coefficient (Wildman–Crippen LogP) is 5.05. The van der Waals surface area contributed by atoms with Crippen molar-refractivity contribution in [1.29, 1.82) is 0 Å². The van der Waals surface area contributed by atoms with Crippen LogP contribution in [0.3, 0.4) is 0 Å². The maximum Gasteiger partial charge on any atom is 0.263 e. The topological polar surface area (TPSA) is 64.4 Å². The Morgan fingerprint density at radius 1 is 1.24 bits per heavy atom. The maximum absolute atomic E-state index is 13.7. The summed E-state index contributed by atoms with van der Waals surface area (Å²) >= 11 is 3.02. The number of anilines is 1. The average molecular weight is 498 g/mol. The van der Waals surface area contributed by atoms with E-state index in [0.717, 1.165) is 54.6 Å². The number of aromatic nitrogens is 2. The summed E-state index contributed by atoms with van der Waals surface area (Å²) in [6.45, 7) is 5.27. The standard InChI is InChI=1S/C26H31N3O3S2/c1-17(2)29(18-9-4-3-5-10-18)22(30)16-33-26-27-24-23(20-12-6-7-13-21(20)34-24)25(31)28(26)15-19-11-8-14-32-19/h3-5,9-10,17,19H,6-8,11-16H2,1-2H3. The Kier molecular flexibility index (Phi) is 7.09. The minimum absolute atomic E-state index is 0.00897. The van der Waals surface area contributed by atoms with Gasteiger partial charge in [-0.15, -0.1) is 11.3 Å². The highest BCUT2D eigenvalue weighted by Gasteiger charge is 2.26. The Balaban J connectivity index is 1.47. The summed E-state index contributed by atoms with van der Waals surface area (Å²) in [6, 6.07) is 9.78. The fraction of sp³-hybridized carbons (Fsp3) is 0.500. The first-order chi connectivity index (χ1) is 16.5. The van der Waals surface area contributed by atoms with E-state index >= 15 is 0 Å². The number of thiophene rings is 1. The van der Waals surface area contributed by atoms with Crippen LogP contribution in [0.25, 0.3) is 10.2 Å². The second-order valence-electron chi connectivity index (χ2n) is 9.32. The van der Waals surface area contributed by atoms with E-state index in [1.807, 2.05) is 49.1 Å². The number of amides is 1. The molecule has 0 saturated carbocycles. The molecule has 3 heterocycles. The molecule has 8 heteroatoms. The molecule has 1 fully saturated rings. The van der Waals surface area contributed by atoms with Crippen molar-refractivity contribution < 1.29 is 9.53 Å². The number of hydrogen-bond acceptors (Lipinski definition) is 6. The third-order valence-electron chi connectivity index (χ3n) is 6.59. The van der Waals surface area contributed by atoms with E-state index in [1.165, 1.54) is 28.6 Å². The van der Waals surface area contributed by atoms with Crippen molar-refractivity contribution in [3.05, 3.63) is 51.1 Å². The highest BCUT2D eigenvalue weighted by atomic mass is 32.2. The summed E-state index contributed by atoms with van der Waals surface area (Å²) < 4.78 is 7.63. The molecule has 2 aromatic heterocycles. The van der Waals surface area contributed by atoms with Gasteiger partial charge in [-0.3, -0.25) is 14.2 Å². The lowest BCUT2D eigenvalue weighted by Crippen LogP contribution is -2.38. The van der Waals surface area contributed by atoms with E-state index in [2.05, 4.69) is 0 Å². The molecule has 1 aromatic carbocycles. The van der Waals surface area contributed by atoms with Crippen molar-refractivity contribution in [3.8, 4) is 0 Å². The number of thioether (sulfide) groups is 1. The van der Waals surface area contributed by atoms with Gasteiger partial charge in [-0.25, -0.2) is 4.98 Å². The number of nitrogens with zero attached hydrogens (tertiary/aromatic N) is 3.